The van der Waals surface area contributed by atoms with Crippen molar-refractivity contribution in [1.82, 2.24) is 34.7 Å². The smallest absolute Gasteiger partial charge is 0.263 e. The van der Waals surface area contributed by atoms with Crippen LogP contribution in [0, 0.1) is 5.92 Å². The predicted octanol–water partition coefficient (Wildman–Crippen LogP) is 2.47. The largest absolute Gasteiger partial charge is 0.354 e. The zero-order chi connectivity index (χ0) is 26.9. The quantitative estimate of drug-likeness (QED) is 0.538. The van der Waals surface area contributed by atoms with Gasteiger partial charge in [-0.15, -0.1) is 16.4 Å². The molecule has 6 rings (SSSR count). The molecule has 3 aliphatic rings. The summed E-state index contributed by atoms with van der Waals surface area (Å²) in [5.41, 5.74) is 0.378. The fourth-order valence-corrected chi connectivity index (χ4v) is 7.45. The van der Waals surface area contributed by atoms with E-state index >= 15 is 0 Å². The summed E-state index contributed by atoms with van der Waals surface area (Å²) < 4.78 is 3.37. The van der Waals surface area contributed by atoms with Gasteiger partial charge < -0.3 is 14.8 Å². The molecule has 3 aromatic heterocycles. The van der Waals surface area contributed by atoms with Gasteiger partial charge in [0.2, 0.25) is 5.91 Å². The summed E-state index contributed by atoms with van der Waals surface area (Å²) in [7, 11) is 1.65. The standard InChI is InChI=1S/C28H35N7O3S/c1-32-12-10-29-26(36)13-20-14-33(17-22-8-9-25(39-22)19-5-2-3-6-19)18-24(20)35-16-21(30-31-35)15-34-11-4-7-23(27(32)37)28(34)38/h4,7-9,11,16,19-20,24H,2-3,5-6,10,12-15,17-18H2,1H3,(H,29,36)/t20-,24+/m0/s1. The number of aromatic nitrogens is 4. The minimum atomic E-state index is -0.365. The highest BCUT2D eigenvalue weighted by molar-refractivity contribution is 7.12. The SMILES string of the molecule is CN1CCNC(=O)C[C@H]2CN(Cc3ccc(C4CCCC4)s3)C[C@H]2n2cc(nn2)Cn2cccc(c2=O)C1=O. The summed E-state index contributed by atoms with van der Waals surface area (Å²) in [5.74, 6) is 0.392. The van der Waals surface area contributed by atoms with Gasteiger partial charge in [-0.2, -0.15) is 0 Å². The summed E-state index contributed by atoms with van der Waals surface area (Å²) in [5, 5.41) is 11.7. The van der Waals surface area contributed by atoms with Crippen LogP contribution in [0.2, 0.25) is 0 Å². The van der Waals surface area contributed by atoms with Gasteiger partial charge in [0.05, 0.1) is 18.8 Å². The molecule has 0 aromatic carbocycles. The van der Waals surface area contributed by atoms with Crippen LogP contribution in [-0.2, 0) is 17.9 Å². The molecule has 0 unspecified atom stereocenters. The average Bonchev–Trinajstić information content (AvgIpc) is 3.72. The molecule has 10 nitrogen and oxygen atoms in total. The van der Waals surface area contributed by atoms with Crippen molar-refractivity contribution < 1.29 is 9.59 Å². The Bertz CT molecular complexity index is 1410. The number of thiophene rings is 1. The zero-order valence-electron chi connectivity index (χ0n) is 22.3. The molecule has 1 saturated carbocycles. The molecule has 206 valence electrons. The number of rotatable bonds is 3. The fraction of sp³-hybridized carbons (Fsp3) is 0.536. The van der Waals surface area contributed by atoms with Gasteiger partial charge in [-0.05, 0) is 43.0 Å². The fourth-order valence-electron chi connectivity index (χ4n) is 6.23. The summed E-state index contributed by atoms with van der Waals surface area (Å²) >= 11 is 1.93. The first-order valence-corrected chi connectivity index (χ1v) is 14.7. The number of nitrogens with one attached hydrogen (secondary N) is 1. The molecule has 0 radical (unpaired) electrons. The highest BCUT2D eigenvalue weighted by Crippen LogP contribution is 2.38. The van der Waals surface area contributed by atoms with Crippen LogP contribution >= 0.6 is 11.3 Å². The molecule has 2 atom stereocenters. The van der Waals surface area contributed by atoms with Crippen LogP contribution in [-0.4, -0.2) is 74.4 Å². The van der Waals surface area contributed by atoms with E-state index in [1.807, 2.05) is 22.2 Å². The van der Waals surface area contributed by atoms with Crippen LogP contribution in [0.15, 0.2) is 41.5 Å². The first kappa shape index (κ1) is 25.9. The minimum Gasteiger partial charge on any atom is -0.354 e. The molecule has 3 aromatic rings. The Kier molecular flexibility index (Phi) is 7.35. The van der Waals surface area contributed by atoms with Gasteiger partial charge in [0.15, 0.2) is 0 Å². The molecular formula is C28H35N7O3S. The van der Waals surface area contributed by atoms with Crippen LogP contribution in [0.4, 0.5) is 0 Å². The molecule has 0 spiro atoms. The molecule has 4 bridgehead atoms. The number of pyridine rings is 1. The van der Waals surface area contributed by atoms with Crippen molar-refractivity contribution in [3.8, 4) is 0 Å². The second-order valence-electron chi connectivity index (χ2n) is 11.1. The number of amides is 2. The van der Waals surface area contributed by atoms with E-state index in [1.54, 1.807) is 19.3 Å². The maximum absolute atomic E-state index is 13.1. The molecule has 2 fully saturated rings. The lowest BCUT2D eigenvalue weighted by Crippen LogP contribution is -2.39. The molecule has 2 amide bonds. The first-order valence-electron chi connectivity index (χ1n) is 13.9. The van der Waals surface area contributed by atoms with Crippen molar-refractivity contribution in [2.45, 2.75) is 57.2 Å². The molecule has 1 saturated heterocycles. The zero-order valence-corrected chi connectivity index (χ0v) is 23.1. The van der Waals surface area contributed by atoms with Crippen LogP contribution in [0.3, 0.4) is 0 Å². The van der Waals surface area contributed by atoms with Crippen LogP contribution < -0.4 is 10.9 Å². The lowest BCUT2D eigenvalue weighted by atomic mass is 9.99. The van der Waals surface area contributed by atoms with Gasteiger partial charge in [-0.25, -0.2) is 4.68 Å². The number of hydrogen-bond donors (Lipinski definition) is 1. The number of carbonyl (C=O) groups is 2. The van der Waals surface area contributed by atoms with Crippen LogP contribution in [0.5, 0.6) is 0 Å². The van der Waals surface area contributed by atoms with E-state index in [0.29, 0.717) is 25.2 Å². The van der Waals surface area contributed by atoms with E-state index in [2.05, 4.69) is 32.7 Å². The van der Waals surface area contributed by atoms with Crippen LogP contribution in [0.25, 0.3) is 0 Å². The van der Waals surface area contributed by atoms with Crippen molar-refractivity contribution in [2.75, 3.05) is 33.2 Å². The van der Waals surface area contributed by atoms with E-state index < -0.39 is 0 Å². The van der Waals surface area contributed by atoms with Crippen molar-refractivity contribution in [3.63, 3.8) is 0 Å². The molecular weight excluding hydrogens is 514 g/mol. The number of likely N-dealkylation sites (tertiary alicyclic amines) is 1. The first-order chi connectivity index (χ1) is 18.9. The number of hydrogen-bond acceptors (Lipinski definition) is 7. The Labute approximate surface area is 231 Å². The van der Waals surface area contributed by atoms with Gasteiger partial charge in [0.25, 0.3) is 11.5 Å². The van der Waals surface area contributed by atoms with E-state index in [-0.39, 0.29) is 41.4 Å². The topological polar surface area (TPSA) is 105 Å². The second kappa shape index (κ2) is 11.1. The summed E-state index contributed by atoms with van der Waals surface area (Å²) in [6, 6.07) is 7.82. The van der Waals surface area contributed by atoms with Crippen molar-refractivity contribution in [3.05, 3.63) is 68.0 Å². The third-order valence-corrected chi connectivity index (χ3v) is 9.58. The molecule has 39 heavy (non-hydrogen) atoms. The van der Waals surface area contributed by atoms with Crippen molar-refractivity contribution in [1.29, 1.82) is 0 Å². The summed E-state index contributed by atoms with van der Waals surface area (Å²) in [4.78, 5) is 45.7. The molecule has 2 aliphatic heterocycles. The highest BCUT2D eigenvalue weighted by atomic mass is 32.1. The highest BCUT2D eigenvalue weighted by Gasteiger charge is 2.36. The van der Waals surface area contributed by atoms with Gasteiger partial charge in [-0.1, -0.05) is 18.1 Å². The predicted molar refractivity (Wildman–Crippen MR) is 148 cm³/mol. The number of nitrogens with zero attached hydrogens (tertiary/aromatic N) is 6. The van der Waals surface area contributed by atoms with E-state index in [1.165, 1.54) is 51.0 Å². The molecule has 11 heteroatoms. The number of carbonyl (C=O) groups excluding carboxylic acids is 2. The lowest BCUT2D eigenvalue weighted by Gasteiger charge is -2.20. The second-order valence-corrected chi connectivity index (χ2v) is 12.3. The van der Waals surface area contributed by atoms with Gasteiger partial charge in [0.1, 0.15) is 11.3 Å². The molecule has 5 heterocycles. The third-order valence-electron chi connectivity index (χ3n) is 8.35. The van der Waals surface area contributed by atoms with Crippen molar-refractivity contribution >= 4 is 23.2 Å². The van der Waals surface area contributed by atoms with Crippen molar-refractivity contribution in [2.24, 2.45) is 5.92 Å². The normalized spacial score (nSPS) is 23.3. The van der Waals surface area contributed by atoms with Gasteiger partial charge in [-0.3, -0.25) is 19.3 Å². The minimum absolute atomic E-state index is 0.00600. The Hall–Kier alpha value is -3.31. The van der Waals surface area contributed by atoms with Crippen LogP contribution in [0.1, 0.15) is 69.9 Å². The number of likely N-dealkylation sites (N-methyl/N-ethyl adjacent to an activating group) is 1. The lowest BCUT2D eigenvalue weighted by molar-refractivity contribution is -0.122. The Morgan fingerprint density at radius 1 is 1.10 bits per heavy atom. The molecule has 1 N–H and O–H groups in total. The molecule has 1 aliphatic carbocycles. The summed E-state index contributed by atoms with van der Waals surface area (Å²) in [6.07, 6.45) is 9.20. The van der Waals surface area contributed by atoms with E-state index in [0.717, 1.165) is 25.6 Å². The summed E-state index contributed by atoms with van der Waals surface area (Å²) in [6.45, 7) is 3.32. The Morgan fingerprint density at radius 3 is 2.79 bits per heavy atom. The van der Waals surface area contributed by atoms with E-state index in [4.69, 9.17) is 0 Å². The van der Waals surface area contributed by atoms with E-state index in [9.17, 15) is 14.4 Å². The number of fused-ring (bicyclic) bond motifs is 6. The Morgan fingerprint density at radius 2 is 1.95 bits per heavy atom. The Balaban J connectivity index is 1.24. The third kappa shape index (κ3) is 5.56. The maximum atomic E-state index is 13.1. The van der Waals surface area contributed by atoms with Gasteiger partial charge >= 0.3 is 0 Å². The maximum Gasteiger partial charge on any atom is 0.263 e. The average molecular weight is 550 g/mol. The van der Waals surface area contributed by atoms with Gasteiger partial charge in [0, 0.05) is 68.1 Å². The monoisotopic (exact) mass is 549 g/mol.